The molecule has 2 N–H and O–H groups in total. The monoisotopic (exact) mass is 319 g/mol. The van der Waals surface area contributed by atoms with E-state index in [2.05, 4.69) is 15.6 Å². The molecule has 124 valence electrons. The lowest BCUT2D eigenvalue weighted by molar-refractivity contribution is 0.0636. The Hall–Kier alpha value is -2.70. The van der Waals surface area contributed by atoms with Crippen molar-refractivity contribution in [2.45, 2.75) is 32.9 Å². The number of benzene rings is 1. The molecule has 7 heteroatoms. The van der Waals surface area contributed by atoms with Gasteiger partial charge >= 0.3 is 6.09 Å². The predicted molar refractivity (Wildman–Crippen MR) is 86.7 cm³/mol. The average molecular weight is 319 g/mol. The molecule has 0 aliphatic rings. The van der Waals surface area contributed by atoms with Gasteiger partial charge in [-0.05, 0) is 32.9 Å². The van der Waals surface area contributed by atoms with Crippen molar-refractivity contribution in [3.05, 3.63) is 36.5 Å². The van der Waals surface area contributed by atoms with Gasteiger partial charge in [-0.3, -0.25) is 5.32 Å². The van der Waals surface area contributed by atoms with Crippen molar-refractivity contribution in [1.29, 1.82) is 0 Å². The quantitative estimate of drug-likeness (QED) is 0.875. The number of ether oxygens (including phenoxy) is 2. The van der Waals surface area contributed by atoms with E-state index in [0.29, 0.717) is 29.4 Å². The Labute approximate surface area is 135 Å². The predicted octanol–water partition coefficient (Wildman–Crippen LogP) is 3.64. The van der Waals surface area contributed by atoms with E-state index in [9.17, 15) is 4.79 Å². The number of rotatable bonds is 5. The van der Waals surface area contributed by atoms with Gasteiger partial charge in [0.15, 0.2) is 6.39 Å². The van der Waals surface area contributed by atoms with Crippen LogP contribution < -0.4 is 15.4 Å². The molecule has 0 saturated heterocycles. The maximum absolute atomic E-state index is 11.9. The Morgan fingerprint density at radius 3 is 2.70 bits per heavy atom. The van der Waals surface area contributed by atoms with E-state index in [4.69, 9.17) is 13.9 Å². The van der Waals surface area contributed by atoms with Crippen LogP contribution in [0, 0.1) is 0 Å². The number of carbonyl (C=O) groups is 1. The van der Waals surface area contributed by atoms with Gasteiger partial charge in [-0.25, -0.2) is 9.78 Å². The van der Waals surface area contributed by atoms with Gasteiger partial charge in [0.25, 0.3) is 0 Å². The van der Waals surface area contributed by atoms with E-state index < -0.39 is 11.7 Å². The van der Waals surface area contributed by atoms with Crippen molar-refractivity contribution in [2.75, 3.05) is 17.7 Å². The van der Waals surface area contributed by atoms with Crippen molar-refractivity contribution in [3.8, 4) is 5.75 Å². The highest BCUT2D eigenvalue weighted by atomic mass is 16.6. The fourth-order valence-electron chi connectivity index (χ4n) is 1.83. The fourth-order valence-corrected chi connectivity index (χ4v) is 1.83. The van der Waals surface area contributed by atoms with Crippen LogP contribution in [0.4, 0.5) is 16.2 Å². The van der Waals surface area contributed by atoms with Crippen LogP contribution >= 0.6 is 0 Å². The Balaban J connectivity index is 2.12. The summed E-state index contributed by atoms with van der Waals surface area (Å²) in [6, 6.07) is 5.28. The molecular formula is C16H21N3O4. The minimum absolute atomic E-state index is 0.427. The maximum Gasteiger partial charge on any atom is 0.412 e. The van der Waals surface area contributed by atoms with Crippen LogP contribution in [-0.2, 0) is 11.3 Å². The van der Waals surface area contributed by atoms with Crippen molar-refractivity contribution in [2.24, 2.45) is 0 Å². The lowest BCUT2D eigenvalue weighted by atomic mass is 10.2. The van der Waals surface area contributed by atoms with Gasteiger partial charge in [0, 0.05) is 6.07 Å². The zero-order chi connectivity index (χ0) is 16.9. The second kappa shape index (κ2) is 7.04. The molecule has 0 bridgehead atoms. The molecule has 0 saturated carbocycles. The fraction of sp³-hybridized carbons (Fsp3) is 0.375. The van der Waals surface area contributed by atoms with Gasteiger partial charge in [0.05, 0.1) is 31.2 Å². The number of methoxy groups -OCH3 is 1. The van der Waals surface area contributed by atoms with Crippen LogP contribution in [-0.4, -0.2) is 23.8 Å². The van der Waals surface area contributed by atoms with Crippen LogP contribution in [0.1, 0.15) is 26.5 Å². The van der Waals surface area contributed by atoms with E-state index in [1.165, 1.54) is 6.39 Å². The number of hydrogen-bond acceptors (Lipinski definition) is 6. The highest BCUT2D eigenvalue weighted by molar-refractivity contribution is 5.90. The molecule has 1 amide bonds. The largest absolute Gasteiger partial charge is 0.497 e. The van der Waals surface area contributed by atoms with Crippen molar-refractivity contribution in [1.82, 2.24) is 4.98 Å². The first-order valence-corrected chi connectivity index (χ1v) is 7.16. The molecule has 0 unspecified atom stereocenters. The number of nitrogens with one attached hydrogen (secondary N) is 2. The molecular weight excluding hydrogens is 298 g/mol. The molecule has 23 heavy (non-hydrogen) atoms. The molecule has 0 atom stereocenters. The summed E-state index contributed by atoms with van der Waals surface area (Å²) >= 11 is 0. The molecule has 1 heterocycles. The molecule has 0 aliphatic carbocycles. The number of aromatic nitrogens is 1. The SMILES string of the molecule is COc1ccc(NC(=O)OC(C)(C)C)c(NCc2cnco2)c1. The Morgan fingerprint density at radius 2 is 2.09 bits per heavy atom. The summed E-state index contributed by atoms with van der Waals surface area (Å²) in [7, 11) is 1.58. The summed E-state index contributed by atoms with van der Waals surface area (Å²) < 4.78 is 15.7. The smallest absolute Gasteiger partial charge is 0.412 e. The number of hydrogen-bond donors (Lipinski definition) is 2. The molecule has 0 aliphatic heterocycles. The van der Waals surface area contributed by atoms with E-state index in [1.807, 2.05) is 20.8 Å². The summed E-state index contributed by atoms with van der Waals surface area (Å²) in [6.45, 7) is 5.85. The second-order valence-electron chi connectivity index (χ2n) is 5.86. The van der Waals surface area contributed by atoms with E-state index in [0.717, 1.165) is 0 Å². The molecule has 2 aromatic rings. The molecule has 7 nitrogen and oxygen atoms in total. The normalized spacial score (nSPS) is 11.0. The van der Waals surface area contributed by atoms with Gasteiger partial charge in [-0.15, -0.1) is 0 Å². The lowest BCUT2D eigenvalue weighted by Gasteiger charge is -2.21. The maximum atomic E-state index is 11.9. The summed E-state index contributed by atoms with van der Waals surface area (Å²) in [4.78, 5) is 15.8. The number of amides is 1. The van der Waals surface area contributed by atoms with Gasteiger partial charge < -0.3 is 19.2 Å². The lowest BCUT2D eigenvalue weighted by Crippen LogP contribution is -2.27. The molecule has 0 spiro atoms. The number of anilines is 2. The van der Waals surface area contributed by atoms with Crippen LogP contribution in [0.25, 0.3) is 0 Å². The number of carbonyl (C=O) groups excluding carboxylic acids is 1. The van der Waals surface area contributed by atoms with Crippen molar-refractivity contribution in [3.63, 3.8) is 0 Å². The number of nitrogens with zero attached hydrogens (tertiary/aromatic N) is 1. The van der Waals surface area contributed by atoms with E-state index in [-0.39, 0.29) is 0 Å². The zero-order valence-corrected chi connectivity index (χ0v) is 13.7. The third-order valence-corrected chi connectivity index (χ3v) is 2.80. The second-order valence-corrected chi connectivity index (χ2v) is 5.86. The third-order valence-electron chi connectivity index (χ3n) is 2.80. The minimum atomic E-state index is -0.565. The number of oxazole rings is 1. The van der Waals surface area contributed by atoms with E-state index in [1.54, 1.807) is 31.5 Å². The molecule has 2 rings (SSSR count). The summed E-state index contributed by atoms with van der Waals surface area (Å²) in [6.07, 6.45) is 2.46. The first-order chi connectivity index (χ1) is 10.9. The Morgan fingerprint density at radius 1 is 1.30 bits per heavy atom. The standard InChI is InChI=1S/C16H21N3O4/c1-16(2,3)23-15(20)19-13-6-5-11(21-4)7-14(13)18-9-12-8-17-10-22-12/h5-8,10,18H,9H2,1-4H3,(H,19,20). The zero-order valence-electron chi connectivity index (χ0n) is 13.7. The first kappa shape index (κ1) is 16.7. The van der Waals surface area contributed by atoms with Gasteiger partial charge in [0.1, 0.15) is 17.1 Å². The Bertz CT molecular complexity index is 648. The topological polar surface area (TPSA) is 85.6 Å². The van der Waals surface area contributed by atoms with Crippen LogP contribution in [0.15, 0.2) is 35.2 Å². The van der Waals surface area contributed by atoms with E-state index >= 15 is 0 Å². The van der Waals surface area contributed by atoms with Crippen LogP contribution in [0.2, 0.25) is 0 Å². The van der Waals surface area contributed by atoms with Crippen LogP contribution in [0.3, 0.4) is 0 Å². The molecule has 1 aromatic carbocycles. The van der Waals surface area contributed by atoms with Crippen LogP contribution in [0.5, 0.6) is 5.75 Å². The summed E-state index contributed by atoms with van der Waals surface area (Å²) in [5, 5.41) is 5.90. The highest BCUT2D eigenvalue weighted by Gasteiger charge is 2.17. The van der Waals surface area contributed by atoms with Gasteiger partial charge in [-0.1, -0.05) is 0 Å². The van der Waals surface area contributed by atoms with Gasteiger partial charge in [-0.2, -0.15) is 0 Å². The summed E-state index contributed by atoms with van der Waals surface area (Å²) in [5.74, 6) is 1.34. The third kappa shape index (κ3) is 5.21. The summed E-state index contributed by atoms with van der Waals surface area (Å²) in [5.41, 5.74) is 0.704. The Kier molecular flexibility index (Phi) is 5.10. The van der Waals surface area contributed by atoms with Gasteiger partial charge in [0.2, 0.25) is 0 Å². The first-order valence-electron chi connectivity index (χ1n) is 7.16. The van der Waals surface area contributed by atoms with Crippen molar-refractivity contribution < 1.29 is 18.7 Å². The minimum Gasteiger partial charge on any atom is -0.497 e. The molecule has 0 fully saturated rings. The molecule has 1 aromatic heterocycles. The van der Waals surface area contributed by atoms with Crippen molar-refractivity contribution >= 4 is 17.5 Å². The molecule has 0 radical (unpaired) electrons. The highest BCUT2D eigenvalue weighted by Crippen LogP contribution is 2.28. The average Bonchev–Trinajstić information content (AvgIpc) is 2.97.